The molecule has 1 aromatic rings. The fourth-order valence-electron chi connectivity index (χ4n) is 1.88. The Morgan fingerprint density at radius 1 is 1.56 bits per heavy atom. The SMILES string of the molecule is Cc1ccc(C2CC=C(C(=O)O)O2)c([N+](=O)[O-])c1. The van der Waals surface area contributed by atoms with Crippen molar-refractivity contribution < 1.29 is 19.6 Å². The largest absolute Gasteiger partial charge is 0.478 e. The molecule has 2 rings (SSSR count). The molecule has 18 heavy (non-hydrogen) atoms. The summed E-state index contributed by atoms with van der Waals surface area (Å²) < 4.78 is 5.20. The number of benzene rings is 1. The van der Waals surface area contributed by atoms with Gasteiger partial charge in [-0.2, -0.15) is 0 Å². The number of aryl methyl sites for hydroxylation is 1. The Morgan fingerprint density at radius 2 is 2.28 bits per heavy atom. The van der Waals surface area contributed by atoms with Crippen LogP contribution in [0.15, 0.2) is 30.0 Å². The van der Waals surface area contributed by atoms with Crippen molar-refractivity contribution in [2.24, 2.45) is 0 Å². The molecule has 1 N–H and O–H groups in total. The van der Waals surface area contributed by atoms with E-state index in [1.165, 1.54) is 12.1 Å². The fourth-order valence-corrected chi connectivity index (χ4v) is 1.88. The number of ether oxygens (including phenoxy) is 1. The van der Waals surface area contributed by atoms with Crippen LogP contribution in [0, 0.1) is 17.0 Å². The molecular weight excluding hydrogens is 238 g/mol. The zero-order valence-electron chi connectivity index (χ0n) is 9.62. The van der Waals surface area contributed by atoms with Crippen molar-refractivity contribution >= 4 is 11.7 Å². The smallest absolute Gasteiger partial charge is 0.370 e. The molecule has 0 radical (unpaired) electrons. The molecule has 0 spiro atoms. The van der Waals surface area contributed by atoms with Crippen molar-refractivity contribution in [3.8, 4) is 0 Å². The van der Waals surface area contributed by atoms with E-state index in [4.69, 9.17) is 9.84 Å². The second-order valence-corrected chi connectivity index (χ2v) is 4.04. The second kappa shape index (κ2) is 4.48. The van der Waals surface area contributed by atoms with E-state index in [1.807, 2.05) is 0 Å². The molecule has 1 heterocycles. The fraction of sp³-hybridized carbons (Fsp3) is 0.250. The lowest BCUT2D eigenvalue weighted by Crippen LogP contribution is -2.06. The van der Waals surface area contributed by atoms with Gasteiger partial charge in [0.1, 0.15) is 6.10 Å². The minimum atomic E-state index is -1.16. The van der Waals surface area contributed by atoms with E-state index in [-0.39, 0.29) is 11.4 Å². The summed E-state index contributed by atoms with van der Waals surface area (Å²) in [6.07, 6.45) is 1.15. The molecule has 6 nitrogen and oxygen atoms in total. The average molecular weight is 249 g/mol. The number of carboxylic acid groups (broad SMARTS) is 1. The van der Waals surface area contributed by atoms with Crippen LogP contribution in [0.25, 0.3) is 0 Å². The summed E-state index contributed by atoms with van der Waals surface area (Å²) in [7, 11) is 0. The van der Waals surface area contributed by atoms with E-state index < -0.39 is 17.0 Å². The van der Waals surface area contributed by atoms with Gasteiger partial charge in [0.25, 0.3) is 5.69 Å². The maximum atomic E-state index is 11.0. The first-order chi connectivity index (χ1) is 8.49. The van der Waals surface area contributed by atoms with E-state index in [2.05, 4.69) is 0 Å². The molecule has 1 aliphatic rings. The molecule has 0 fully saturated rings. The molecule has 0 bridgehead atoms. The number of nitrogens with zero attached hydrogens (tertiary/aromatic N) is 1. The van der Waals surface area contributed by atoms with Gasteiger partial charge in [-0.05, 0) is 24.6 Å². The summed E-state index contributed by atoms with van der Waals surface area (Å²) in [5.74, 6) is -1.32. The molecule has 1 aliphatic heterocycles. The first-order valence-corrected chi connectivity index (χ1v) is 5.34. The van der Waals surface area contributed by atoms with Gasteiger partial charge in [0.05, 0.1) is 10.5 Å². The summed E-state index contributed by atoms with van der Waals surface area (Å²) in [5.41, 5.74) is 1.13. The highest BCUT2D eigenvalue weighted by Crippen LogP contribution is 2.36. The molecule has 0 amide bonds. The monoisotopic (exact) mass is 249 g/mol. The highest BCUT2D eigenvalue weighted by Gasteiger charge is 2.29. The molecule has 0 aromatic heterocycles. The highest BCUT2D eigenvalue weighted by atomic mass is 16.6. The summed E-state index contributed by atoms with van der Waals surface area (Å²) in [6, 6.07) is 4.80. The van der Waals surface area contributed by atoms with Crippen molar-refractivity contribution in [1.29, 1.82) is 0 Å². The Labute approximate surface area is 103 Å². The number of hydrogen-bond acceptors (Lipinski definition) is 4. The Kier molecular flexibility index (Phi) is 3.01. The predicted molar refractivity (Wildman–Crippen MR) is 62.0 cm³/mol. The summed E-state index contributed by atoms with van der Waals surface area (Å²) >= 11 is 0. The number of rotatable bonds is 3. The molecule has 1 unspecified atom stereocenters. The topological polar surface area (TPSA) is 89.7 Å². The Bertz CT molecular complexity index is 549. The number of carboxylic acids is 1. The summed E-state index contributed by atoms with van der Waals surface area (Å²) in [5, 5.41) is 19.7. The second-order valence-electron chi connectivity index (χ2n) is 4.04. The third-order valence-electron chi connectivity index (χ3n) is 2.73. The van der Waals surface area contributed by atoms with Crippen LogP contribution in [0.4, 0.5) is 5.69 Å². The maximum Gasteiger partial charge on any atom is 0.370 e. The van der Waals surface area contributed by atoms with Crippen molar-refractivity contribution in [3.63, 3.8) is 0 Å². The normalized spacial score (nSPS) is 18.1. The van der Waals surface area contributed by atoms with Crippen molar-refractivity contribution in [1.82, 2.24) is 0 Å². The third-order valence-corrected chi connectivity index (χ3v) is 2.73. The Morgan fingerprint density at radius 3 is 2.83 bits per heavy atom. The van der Waals surface area contributed by atoms with Crippen LogP contribution >= 0.6 is 0 Å². The molecule has 1 atom stereocenters. The zero-order valence-corrected chi connectivity index (χ0v) is 9.62. The zero-order chi connectivity index (χ0) is 13.3. The molecule has 0 saturated carbocycles. The molecular formula is C12H11NO5. The van der Waals surface area contributed by atoms with Gasteiger partial charge in [-0.3, -0.25) is 10.1 Å². The average Bonchev–Trinajstić information content (AvgIpc) is 2.78. The van der Waals surface area contributed by atoms with Gasteiger partial charge in [-0.1, -0.05) is 6.07 Å². The van der Waals surface area contributed by atoms with E-state index in [9.17, 15) is 14.9 Å². The van der Waals surface area contributed by atoms with Gasteiger partial charge in [-0.15, -0.1) is 0 Å². The number of nitro benzene ring substituents is 1. The van der Waals surface area contributed by atoms with Gasteiger partial charge in [0, 0.05) is 12.5 Å². The van der Waals surface area contributed by atoms with Gasteiger partial charge in [-0.25, -0.2) is 4.79 Å². The number of aliphatic carboxylic acids is 1. The molecule has 6 heteroatoms. The van der Waals surface area contributed by atoms with Crippen LogP contribution in [-0.4, -0.2) is 16.0 Å². The van der Waals surface area contributed by atoms with Crippen molar-refractivity contribution in [2.75, 3.05) is 0 Å². The Balaban J connectivity index is 2.31. The highest BCUT2D eigenvalue weighted by molar-refractivity contribution is 5.84. The number of hydrogen-bond donors (Lipinski definition) is 1. The van der Waals surface area contributed by atoms with Crippen molar-refractivity contribution in [2.45, 2.75) is 19.4 Å². The Hall–Kier alpha value is -2.37. The maximum absolute atomic E-state index is 11.0. The quantitative estimate of drug-likeness (QED) is 0.655. The minimum Gasteiger partial charge on any atom is -0.478 e. The van der Waals surface area contributed by atoms with Gasteiger partial charge in [0.15, 0.2) is 0 Å². The molecule has 0 aliphatic carbocycles. The van der Waals surface area contributed by atoms with E-state index in [1.54, 1.807) is 19.1 Å². The summed E-state index contributed by atoms with van der Waals surface area (Å²) in [4.78, 5) is 21.2. The van der Waals surface area contributed by atoms with E-state index in [0.717, 1.165) is 5.56 Å². The van der Waals surface area contributed by atoms with Crippen LogP contribution in [0.5, 0.6) is 0 Å². The standard InChI is InChI=1S/C12H11NO5/c1-7-2-3-8(9(6-7)13(16)17)10-4-5-11(18-10)12(14)15/h2-3,5-6,10H,4H2,1H3,(H,14,15). The van der Waals surface area contributed by atoms with Gasteiger partial charge < -0.3 is 9.84 Å². The van der Waals surface area contributed by atoms with Crippen LogP contribution < -0.4 is 0 Å². The predicted octanol–water partition coefficient (Wildman–Crippen LogP) is 2.33. The van der Waals surface area contributed by atoms with Gasteiger partial charge >= 0.3 is 5.97 Å². The van der Waals surface area contributed by atoms with Gasteiger partial charge in [0.2, 0.25) is 5.76 Å². The first kappa shape index (κ1) is 12.1. The van der Waals surface area contributed by atoms with Crippen LogP contribution in [0.2, 0.25) is 0 Å². The lowest BCUT2D eigenvalue weighted by atomic mass is 10.0. The molecule has 94 valence electrons. The summed E-state index contributed by atoms with van der Waals surface area (Å²) in [6.45, 7) is 1.76. The van der Waals surface area contributed by atoms with E-state index >= 15 is 0 Å². The molecule has 1 aromatic carbocycles. The van der Waals surface area contributed by atoms with Crippen molar-refractivity contribution in [3.05, 3.63) is 51.3 Å². The van der Waals surface area contributed by atoms with Crippen LogP contribution in [0.1, 0.15) is 23.7 Å². The van der Waals surface area contributed by atoms with E-state index in [0.29, 0.717) is 12.0 Å². The lowest BCUT2D eigenvalue weighted by Gasteiger charge is -2.12. The van der Waals surface area contributed by atoms with Crippen LogP contribution in [0.3, 0.4) is 0 Å². The third kappa shape index (κ3) is 2.17. The van der Waals surface area contributed by atoms with Crippen LogP contribution in [-0.2, 0) is 9.53 Å². The number of carbonyl (C=O) groups is 1. The lowest BCUT2D eigenvalue weighted by molar-refractivity contribution is -0.386. The first-order valence-electron chi connectivity index (χ1n) is 5.34. The number of nitro groups is 1. The molecule has 0 saturated heterocycles. The minimum absolute atomic E-state index is 0.0416.